The standard InChI is InChI=1S/C24H32N2O.C12H15N3O/c1-25-14-16-26(17-15-25)18-20-6-10-22(11-7-20)23-12-8-21(9-13-23)19-27-24-4-2-3-5-24;13-11-10(12(14)16)6-9(7-15-11)8-4-2-1-3-5-8/h6-13,24H,2-5,14-19H2,1H3;4,6-7H,1-3,5H2,(H2,13,15)(H2,14,16). The highest BCUT2D eigenvalue weighted by molar-refractivity contribution is 5.97. The average molecular weight is 582 g/mol. The molecule has 1 aromatic heterocycles. The molecule has 7 nitrogen and oxygen atoms in total. The Kier molecular flexibility index (Phi) is 11.0. The molecule has 0 atom stereocenters. The van der Waals surface area contributed by atoms with Crippen LogP contribution >= 0.6 is 0 Å². The second kappa shape index (κ2) is 15.3. The summed E-state index contributed by atoms with van der Waals surface area (Å²) in [5, 5.41) is 0. The lowest BCUT2D eigenvalue weighted by Crippen LogP contribution is -2.43. The predicted octanol–water partition coefficient (Wildman–Crippen LogP) is 6.28. The Hall–Kier alpha value is -3.52. The van der Waals surface area contributed by atoms with Gasteiger partial charge in [0.1, 0.15) is 5.82 Å². The van der Waals surface area contributed by atoms with E-state index in [1.165, 1.54) is 92.5 Å². The predicted molar refractivity (Wildman–Crippen MR) is 175 cm³/mol. The molecule has 3 aliphatic rings. The number of primary amides is 1. The number of likely N-dealkylation sites (N-methyl/N-ethyl adjacent to an activating group) is 1. The molecule has 2 heterocycles. The van der Waals surface area contributed by atoms with Crippen molar-refractivity contribution < 1.29 is 9.53 Å². The topological polar surface area (TPSA) is 97.7 Å². The number of anilines is 1. The summed E-state index contributed by atoms with van der Waals surface area (Å²) < 4.78 is 6.02. The number of allylic oxidation sites excluding steroid dienone is 2. The number of ether oxygens (including phenoxy) is 1. The van der Waals surface area contributed by atoms with Crippen LogP contribution in [0.5, 0.6) is 0 Å². The van der Waals surface area contributed by atoms with Crippen molar-refractivity contribution in [1.82, 2.24) is 14.8 Å². The third-order valence-electron chi connectivity index (χ3n) is 8.88. The van der Waals surface area contributed by atoms with Crippen molar-refractivity contribution in [2.45, 2.75) is 70.6 Å². The Labute approximate surface area is 256 Å². The Morgan fingerprint density at radius 3 is 2.14 bits per heavy atom. The monoisotopic (exact) mass is 581 g/mol. The number of piperazine rings is 1. The summed E-state index contributed by atoms with van der Waals surface area (Å²) in [6, 6.07) is 19.7. The minimum atomic E-state index is -0.525. The average Bonchev–Trinajstić information content (AvgIpc) is 3.57. The normalized spacial score (nSPS) is 18.1. The second-order valence-corrected chi connectivity index (χ2v) is 12.2. The number of rotatable bonds is 8. The fraction of sp³-hybridized carbons (Fsp3) is 0.444. The Bertz CT molecular complexity index is 1360. The van der Waals surface area contributed by atoms with Crippen LogP contribution in [0.2, 0.25) is 0 Å². The molecule has 2 aliphatic carbocycles. The van der Waals surface area contributed by atoms with Gasteiger partial charge in [0, 0.05) is 38.9 Å². The van der Waals surface area contributed by atoms with E-state index in [9.17, 15) is 4.79 Å². The fourth-order valence-corrected chi connectivity index (χ4v) is 6.08. The van der Waals surface area contributed by atoms with E-state index in [-0.39, 0.29) is 5.82 Å². The molecule has 2 aromatic carbocycles. The van der Waals surface area contributed by atoms with E-state index in [4.69, 9.17) is 16.2 Å². The van der Waals surface area contributed by atoms with Crippen molar-refractivity contribution in [2.75, 3.05) is 39.0 Å². The van der Waals surface area contributed by atoms with Crippen molar-refractivity contribution in [1.29, 1.82) is 0 Å². The van der Waals surface area contributed by atoms with Gasteiger partial charge in [-0.15, -0.1) is 0 Å². The molecular weight excluding hydrogens is 534 g/mol. The van der Waals surface area contributed by atoms with Gasteiger partial charge >= 0.3 is 0 Å². The molecule has 1 saturated carbocycles. The second-order valence-electron chi connectivity index (χ2n) is 12.2. The Balaban J connectivity index is 0.000000196. The lowest BCUT2D eigenvalue weighted by Gasteiger charge is -2.32. The third-order valence-corrected chi connectivity index (χ3v) is 8.88. The number of pyridine rings is 1. The molecule has 0 radical (unpaired) electrons. The third kappa shape index (κ3) is 8.99. The highest BCUT2D eigenvalue weighted by Gasteiger charge is 2.16. The zero-order chi connectivity index (χ0) is 30.0. The molecule has 2 fully saturated rings. The van der Waals surface area contributed by atoms with Gasteiger partial charge in [-0.1, -0.05) is 67.4 Å². The molecule has 4 N–H and O–H groups in total. The minimum absolute atomic E-state index is 0.202. The van der Waals surface area contributed by atoms with Gasteiger partial charge in [0.2, 0.25) is 0 Å². The van der Waals surface area contributed by atoms with Gasteiger partial charge in [-0.05, 0) is 85.0 Å². The number of carbonyl (C=O) groups is 1. The van der Waals surface area contributed by atoms with Crippen molar-refractivity contribution in [2.24, 2.45) is 5.73 Å². The molecule has 0 spiro atoms. The fourth-order valence-electron chi connectivity index (χ4n) is 6.08. The SMILES string of the molecule is CN1CCN(Cc2ccc(-c3ccc(COC4CCCC4)cc3)cc2)CC1.NC(=O)c1cc(C2=CCCCC2)cnc1N. The van der Waals surface area contributed by atoms with Crippen molar-refractivity contribution in [3.05, 3.63) is 89.1 Å². The van der Waals surface area contributed by atoms with Gasteiger partial charge < -0.3 is 21.1 Å². The summed E-state index contributed by atoms with van der Waals surface area (Å²) in [5.74, 6) is -0.323. The number of nitrogens with zero attached hydrogens (tertiary/aromatic N) is 3. The summed E-state index contributed by atoms with van der Waals surface area (Å²) in [6.45, 7) is 6.50. The van der Waals surface area contributed by atoms with Crippen LogP contribution in [0, 0.1) is 0 Å². The summed E-state index contributed by atoms with van der Waals surface area (Å²) in [7, 11) is 2.21. The molecule has 1 aliphatic heterocycles. The first-order chi connectivity index (χ1) is 20.9. The van der Waals surface area contributed by atoms with Crippen LogP contribution in [0.15, 0.2) is 66.9 Å². The van der Waals surface area contributed by atoms with E-state index >= 15 is 0 Å². The highest BCUT2D eigenvalue weighted by atomic mass is 16.5. The number of nitrogens with two attached hydrogens (primary N) is 2. The molecule has 43 heavy (non-hydrogen) atoms. The summed E-state index contributed by atoms with van der Waals surface area (Å²) in [6.07, 6.45) is 14.0. The largest absolute Gasteiger partial charge is 0.383 e. The van der Waals surface area contributed by atoms with Gasteiger partial charge in [-0.25, -0.2) is 4.98 Å². The number of nitrogen functional groups attached to an aromatic ring is 1. The Morgan fingerprint density at radius 2 is 1.53 bits per heavy atom. The molecule has 0 bridgehead atoms. The molecular formula is C36H47N5O2. The lowest BCUT2D eigenvalue weighted by atomic mass is 9.94. The maximum Gasteiger partial charge on any atom is 0.252 e. The van der Waals surface area contributed by atoms with E-state index in [0.717, 1.165) is 31.6 Å². The van der Waals surface area contributed by atoms with Crippen LogP contribution < -0.4 is 11.5 Å². The zero-order valence-electron chi connectivity index (χ0n) is 25.6. The maximum atomic E-state index is 11.1. The van der Waals surface area contributed by atoms with Crippen LogP contribution in [0.4, 0.5) is 5.82 Å². The van der Waals surface area contributed by atoms with Gasteiger partial charge in [-0.2, -0.15) is 0 Å². The summed E-state index contributed by atoms with van der Waals surface area (Å²) in [5.41, 5.74) is 18.6. The number of hydrogen-bond acceptors (Lipinski definition) is 6. The van der Waals surface area contributed by atoms with Crippen LogP contribution in [-0.4, -0.2) is 60.0 Å². The maximum absolute atomic E-state index is 11.1. The number of benzene rings is 2. The van der Waals surface area contributed by atoms with Crippen molar-refractivity contribution in [3.63, 3.8) is 0 Å². The van der Waals surface area contributed by atoms with Gasteiger partial charge in [0.15, 0.2) is 0 Å². The summed E-state index contributed by atoms with van der Waals surface area (Å²) in [4.78, 5) is 20.1. The molecule has 1 saturated heterocycles. The quantitative estimate of drug-likeness (QED) is 0.325. The number of aromatic nitrogens is 1. The zero-order valence-corrected chi connectivity index (χ0v) is 25.6. The number of amides is 1. The van der Waals surface area contributed by atoms with Crippen LogP contribution in [0.3, 0.4) is 0 Å². The Morgan fingerprint density at radius 1 is 0.884 bits per heavy atom. The molecule has 6 rings (SSSR count). The first-order valence-electron chi connectivity index (χ1n) is 15.9. The van der Waals surface area contributed by atoms with Crippen LogP contribution in [0.1, 0.15) is 78.4 Å². The van der Waals surface area contributed by atoms with Crippen LogP contribution in [-0.2, 0) is 17.9 Å². The van der Waals surface area contributed by atoms with Gasteiger partial charge in [0.05, 0.1) is 18.3 Å². The van der Waals surface area contributed by atoms with Crippen molar-refractivity contribution in [3.8, 4) is 11.1 Å². The van der Waals surface area contributed by atoms with E-state index in [2.05, 4.69) is 76.4 Å². The van der Waals surface area contributed by atoms with E-state index in [1.807, 2.05) is 0 Å². The highest BCUT2D eigenvalue weighted by Crippen LogP contribution is 2.28. The summed E-state index contributed by atoms with van der Waals surface area (Å²) >= 11 is 0. The molecule has 3 aromatic rings. The van der Waals surface area contributed by atoms with E-state index in [0.29, 0.717) is 11.7 Å². The van der Waals surface area contributed by atoms with Crippen molar-refractivity contribution >= 4 is 17.3 Å². The molecule has 228 valence electrons. The lowest BCUT2D eigenvalue weighted by molar-refractivity contribution is 0.0457. The number of hydrogen-bond donors (Lipinski definition) is 2. The minimum Gasteiger partial charge on any atom is -0.383 e. The van der Waals surface area contributed by atoms with E-state index in [1.54, 1.807) is 12.3 Å². The van der Waals surface area contributed by atoms with Gasteiger partial charge in [-0.3, -0.25) is 9.69 Å². The molecule has 0 unspecified atom stereocenters. The first-order valence-corrected chi connectivity index (χ1v) is 15.9. The van der Waals surface area contributed by atoms with Crippen LogP contribution in [0.25, 0.3) is 16.7 Å². The smallest absolute Gasteiger partial charge is 0.252 e. The van der Waals surface area contributed by atoms with Gasteiger partial charge in [0.25, 0.3) is 5.91 Å². The van der Waals surface area contributed by atoms with E-state index < -0.39 is 5.91 Å². The molecule has 7 heteroatoms. The first kappa shape index (κ1) is 30.9. The molecule has 1 amide bonds. The number of carbonyl (C=O) groups excluding carboxylic acids is 1.